The molecular formula is C30H35N9O3. The lowest BCUT2D eigenvalue weighted by molar-refractivity contribution is 0.0707. The minimum Gasteiger partial charge on any atom is -0.494 e. The number of hydrogen-bond donors (Lipinski definition) is 1. The number of amides is 1. The van der Waals surface area contributed by atoms with Crippen molar-refractivity contribution in [1.82, 2.24) is 38.8 Å². The Kier molecular flexibility index (Phi) is 6.77. The SMILES string of the molecule is COc1cc(C(=O)N2CCC[C@@H](N)C2)cn2nc(-c3cc4ccnc(OCCn5cncn5)c4n3CC3CC3)c(C)c12. The van der Waals surface area contributed by atoms with Crippen molar-refractivity contribution in [1.29, 1.82) is 0 Å². The largest absolute Gasteiger partial charge is 0.494 e. The maximum Gasteiger partial charge on any atom is 0.255 e. The molecule has 12 heteroatoms. The van der Waals surface area contributed by atoms with Crippen molar-refractivity contribution >= 4 is 22.3 Å². The van der Waals surface area contributed by atoms with E-state index >= 15 is 0 Å². The van der Waals surface area contributed by atoms with Crippen LogP contribution in [0.4, 0.5) is 0 Å². The molecule has 0 radical (unpaired) electrons. The summed E-state index contributed by atoms with van der Waals surface area (Å²) in [5.41, 5.74) is 11.3. The standard InChI is InChI=1S/C30H35N9O3/c1-19-26(35-39-15-22(13-25(41-2)27(19)39)30(40)36-9-3-4-23(31)16-36)24-12-21-7-8-33-29(28(21)38(24)14-20-5-6-20)42-11-10-37-18-32-17-34-37/h7-8,12-13,15,17-18,20,23H,3-6,9-11,14,16,31H2,1-2H3/t23-/m1/s1. The Hall–Kier alpha value is -4.45. The molecule has 1 saturated heterocycles. The zero-order valence-corrected chi connectivity index (χ0v) is 23.9. The topological polar surface area (TPSA) is 131 Å². The second-order valence-corrected chi connectivity index (χ2v) is 11.4. The lowest BCUT2D eigenvalue weighted by atomic mass is 10.1. The predicted molar refractivity (Wildman–Crippen MR) is 157 cm³/mol. The Morgan fingerprint density at radius 2 is 2.07 bits per heavy atom. The normalized spacial score (nSPS) is 17.3. The number of pyridine rings is 2. The molecule has 2 N–H and O–H groups in total. The molecule has 2 fully saturated rings. The zero-order chi connectivity index (χ0) is 28.8. The summed E-state index contributed by atoms with van der Waals surface area (Å²) in [6, 6.07) is 6.00. The summed E-state index contributed by atoms with van der Waals surface area (Å²) in [5, 5.41) is 10.2. The Morgan fingerprint density at radius 1 is 1.19 bits per heavy atom. The summed E-state index contributed by atoms with van der Waals surface area (Å²) in [6.07, 6.45) is 11.0. The number of ether oxygens (including phenoxy) is 2. The van der Waals surface area contributed by atoms with Crippen molar-refractivity contribution in [3.05, 3.63) is 54.4 Å². The number of rotatable bonds is 9. The van der Waals surface area contributed by atoms with Gasteiger partial charge in [0.25, 0.3) is 5.91 Å². The third kappa shape index (κ3) is 4.85. The summed E-state index contributed by atoms with van der Waals surface area (Å²) < 4.78 is 17.8. The first kappa shape index (κ1) is 26.4. The first-order valence-electron chi connectivity index (χ1n) is 14.6. The van der Waals surface area contributed by atoms with E-state index in [-0.39, 0.29) is 11.9 Å². The van der Waals surface area contributed by atoms with Gasteiger partial charge in [-0.2, -0.15) is 10.2 Å². The highest BCUT2D eigenvalue weighted by Crippen LogP contribution is 2.40. The fourth-order valence-electron chi connectivity index (χ4n) is 6.00. The van der Waals surface area contributed by atoms with Gasteiger partial charge in [0.1, 0.15) is 41.7 Å². The molecule has 6 heterocycles. The molecule has 218 valence electrons. The predicted octanol–water partition coefficient (Wildman–Crippen LogP) is 3.31. The molecule has 1 aliphatic carbocycles. The molecule has 5 aromatic rings. The summed E-state index contributed by atoms with van der Waals surface area (Å²) in [5.74, 6) is 1.75. The van der Waals surface area contributed by atoms with Crippen LogP contribution in [-0.4, -0.2) is 77.6 Å². The average molecular weight is 570 g/mol. The van der Waals surface area contributed by atoms with E-state index in [0.717, 1.165) is 52.8 Å². The summed E-state index contributed by atoms with van der Waals surface area (Å²) >= 11 is 0. The molecule has 1 amide bonds. The molecule has 42 heavy (non-hydrogen) atoms. The molecular weight excluding hydrogens is 534 g/mol. The van der Waals surface area contributed by atoms with Crippen molar-refractivity contribution < 1.29 is 14.3 Å². The van der Waals surface area contributed by atoms with E-state index in [4.69, 9.17) is 20.3 Å². The smallest absolute Gasteiger partial charge is 0.255 e. The second-order valence-electron chi connectivity index (χ2n) is 11.4. The Morgan fingerprint density at radius 3 is 2.83 bits per heavy atom. The van der Waals surface area contributed by atoms with Crippen molar-refractivity contribution in [2.75, 3.05) is 26.8 Å². The number of carbonyl (C=O) groups excluding carboxylic acids is 1. The van der Waals surface area contributed by atoms with Crippen LogP contribution in [0, 0.1) is 12.8 Å². The minimum absolute atomic E-state index is 0.00573. The number of carbonyl (C=O) groups is 1. The maximum atomic E-state index is 13.5. The van der Waals surface area contributed by atoms with Gasteiger partial charge >= 0.3 is 0 Å². The quantitative estimate of drug-likeness (QED) is 0.286. The van der Waals surface area contributed by atoms with Crippen LogP contribution in [0.25, 0.3) is 27.8 Å². The van der Waals surface area contributed by atoms with Crippen LogP contribution in [0.5, 0.6) is 11.6 Å². The van der Waals surface area contributed by atoms with Crippen LogP contribution in [0.15, 0.2) is 43.2 Å². The van der Waals surface area contributed by atoms with Gasteiger partial charge in [0, 0.05) is 49.0 Å². The van der Waals surface area contributed by atoms with Crippen LogP contribution in [0.3, 0.4) is 0 Å². The highest BCUT2D eigenvalue weighted by Gasteiger charge is 2.29. The minimum atomic E-state index is -0.0540. The summed E-state index contributed by atoms with van der Waals surface area (Å²) in [4.78, 5) is 23.9. The monoisotopic (exact) mass is 569 g/mol. The van der Waals surface area contributed by atoms with E-state index in [2.05, 4.69) is 32.6 Å². The van der Waals surface area contributed by atoms with Gasteiger partial charge in [0.05, 0.1) is 24.9 Å². The van der Waals surface area contributed by atoms with E-state index in [9.17, 15) is 4.79 Å². The van der Waals surface area contributed by atoms with Crippen molar-refractivity contribution in [3.63, 3.8) is 0 Å². The van der Waals surface area contributed by atoms with Gasteiger partial charge in [-0.3, -0.25) is 4.79 Å². The first-order valence-corrected chi connectivity index (χ1v) is 14.6. The van der Waals surface area contributed by atoms with Crippen molar-refractivity contribution in [2.45, 2.75) is 51.7 Å². The number of hydrogen-bond acceptors (Lipinski definition) is 8. The lowest BCUT2D eigenvalue weighted by Crippen LogP contribution is -2.45. The number of likely N-dealkylation sites (tertiary alicyclic amines) is 1. The third-order valence-corrected chi connectivity index (χ3v) is 8.32. The molecule has 0 unspecified atom stereocenters. The fraction of sp³-hybridized carbons (Fsp3) is 0.433. The number of piperidine rings is 1. The van der Waals surface area contributed by atoms with Crippen LogP contribution >= 0.6 is 0 Å². The van der Waals surface area contributed by atoms with Gasteiger partial charge in [0.2, 0.25) is 5.88 Å². The van der Waals surface area contributed by atoms with Crippen LogP contribution in [0.1, 0.15) is 41.6 Å². The number of methoxy groups -OCH3 is 1. The van der Waals surface area contributed by atoms with Gasteiger partial charge in [-0.15, -0.1) is 0 Å². The van der Waals surface area contributed by atoms with E-state index in [1.807, 2.05) is 23.2 Å². The van der Waals surface area contributed by atoms with Gasteiger partial charge in [0.15, 0.2) is 0 Å². The van der Waals surface area contributed by atoms with E-state index in [1.165, 1.54) is 19.2 Å². The highest BCUT2D eigenvalue weighted by atomic mass is 16.5. The number of fused-ring (bicyclic) bond motifs is 2. The van der Waals surface area contributed by atoms with Crippen LogP contribution in [0.2, 0.25) is 0 Å². The van der Waals surface area contributed by atoms with Gasteiger partial charge in [-0.1, -0.05) is 0 Å². The van der Waals surface area contributed by atoms with Crippen molar-refractivity contribution in [3.8, 4) is 23.0 Å². The zero-order valence-electron chi connectivity index (χ0n) is 23.9. The molecule has 7 rings (SSSR count). The molecule has 1 aliphatic heterocycles. The third-order valence-electron chi connectivity index (χ3n) is 8.32. The Bertz CT molecular complexity index is 1750. The van der Waals surface area contributed by atoms with Gasteiger partial charge in [-0.25, -0.2) is 19.2 Å². The fourth-order valence-corrected chi connectivity index (χ4v) is 6.00. The van der Waals surface area contributed by atoms with E-state index < -0.39 is 0 Å². The molecule has 1 saturated carbocycles. The van der Waals surface area contributed by atoms with Gasteiger partial charge < -0.3 is 24.7 Å². The lowest BCUT2D eigenvalue weighted by Gasteiger charge is -2.30. The van der Waals surface area contributed by atoms with E-state index in [0.29, 0.717) is 49.4 Å². The number of aryl methyl sites for hydroxylation is 1. The first-order chi connectivity index (χ1) is 20.5. The number of aromatic nitrogens is 7. The maximum absolute atomic E-state index is 13.5. The summed E-state index contributed by atoms with van der Waals surface area (Å²) in [6.45, 7) is 5.16. The molecule has 5 aromatic heterocycles. The van der Waals surface area contributed by atoms with Crippen LogP contribution < -0.4 is 15.2 Å². The van der Waals surface area contributed by atoms with E-state index in [1.54, 1.807) is 28.8 Å². The molecule has 0 bridgehead atoms. The van der Waals surface area contributed by atoms with Crippen LogP contribution in [-0.2, 0) is 13.1 Å². The molecule has 1 atom stereocenters. The number of nitrogens with two attached hydrogens (primary N) is 1. The second kappa shape index (κ2) is 10.8. The molecule has 0 spiro atoms. The molecule has 2 aliphatic rings. The average Bonchev–Trinajstić information content (AvgIpc) is 3.36. The molecule has 0 aromatic carbocycles. The Labute approximate surface area is 243 Å². The molecule has 12 nitrogen and oxygen atoms in total. The van der Waals surface area contributed by atoms with Gasteiger partial charge in [-0.05, 0) is 56.7 Å². The Balaban J connectivity index is 1.29. The highest BCUT2D eigenvalue weighted by molar-refractivity contribution is 5.96. The summed E-state index contributed by atoms with van der Waals surface area (Å²) in [7, 11) is 1.63. The number of nitrogens with zero attached hydrogens (tertiary/aromatic N) is 8. The van der Waals surface area contributed by atoms with Crippen molar-refractivity contribution in [2.24, 2.45) is 11.7 Å².